The minimum absolute atomic E-state index is 0.118. The van der Waals surface area contributed by atoms with Crippen LogP contribution in [0.1, 0.15) is 24.4 Å². The second kappa shape index (κ2) is 6.94. The molecule has 0 aromatic heterocycles. The van der Waals surface area contributed by atoms with E-state index < -0.39 is 24.5 Å². The molecule has 1 atom stereocenters. The van der Waals surface area contributed by atoms with Gasteiger partial charge in [0.15, 0.2) is 0 Å². The first kappa shape index (κ1) is 16.5. The Morgan fingerprint density at radius 3 is 2.52 bits per heavy atom. The van der Waals surface area contributed by atoms with Gasteiger partial charge in [-0.2, -0.15) is 13.2 Å². The fraction of sp³-hybridized carbons (Fsp3) is 0.571. The molecule has 1 heterocycles. The van der Waals surface area contributed by atoms with E-state index in [1.807, 2.05) is 4.90 Å². The second-order valence-corrected chi connectivity index (χ2v) is 5.53. The van der Waals surface area contributed by atoms with Gasteiger partial charge < -0.3 is 5.32 Å². The summed E-state index contributed by atoms with van der Waals surface area (Å²) in [5, 5.41) is 3.46. The molecule has 2 nitrogen and oxygen atoms in total. The van der Waals surface area contributed by atoms with Crippen molar-refractivity contribution in [3.8, 4) is 0 Å². The van der Waals surface area contributed by atoms with Crippen LogP contribution in [0.25, 0.3) is 0 Å². The van der Waals surface area contributed by atoms with Gasteiger partial charge in [-0.1, -0.05) is 11.6 Å². The van der Waals surface area contributed by atoms with E-state index in [1.165, 1.54) is 18.2 Å². The Morgan fingerprint density at radius 2 is 1.90 bits per heavy atom. The van der Waals surface area contributed by atoms with Crippen molar-refractivity contribution in [3.63, 3.8) is 0 Å². The van der Waals surface area contributed by atoms with Crippen molar-refractivity contribution in [2.24, 2.45) is 0 Å². The van der Waals surface area contributed by atoms with Crippen molar-refractivity contribution < 1.29 is 17.6 Å². The van der Waals surface area contributed by atoms with Crippen LogP contribution >= 0.6 is 11.6 Å². The van der Waals surface area contributed by atoms with Gasteiger partial charge in [-0.25, -0.2) is 4.39 Å². The first-order valence-corrected chi connectivity index (χ1v) is 7.21. The Bertz CT molecular complexity index is 473. The zero-order valence-electron chi connectivity index (χ0n) is 11.4. The quantitative estimate of drug-likeness (QED) is 0.848. The first-order chi connectivity index (χ1) is 9.87. The molecule has 21 heavy (non-hydrogen) atoms. The van der Waals surface area contributed by atoms with Crippen molar-refractivity contribution in [2.45, 2.75) is 25.1 Å². The molecule has 0 radical (unpaired) electrons. The number of hydrogen-bond donors (Lipinski definition) is 1. The lowest BCUT2D eigenvalue weighted by Crippen LogP contribution is -2.45. The molecule has 1 N–H and O–H groups in total. The van der Waals surface area contributed by atoms with Gasteiger partial charge in [0, 0.05) is 43.7 Å². The van der Waals surface area contributed by atoms with Crippen molar-refractivity contribution in [3.05, 3.63) is 34.6 Å². The van der Waals surface area contributed by atoms with Crippen LogP contribution in [0.4, 0.5) is 17.6 Å². The summed E-state index contributed by atoms with van der Waals surface area (Å²) in [5.41, 5.74) is 0.433. The van der Waals surface area contributed by atoms with Crippen LogP contribution in [0.5, 0.6) is 0 Å². The van der Waals surface area contributed by atoms with Crippen molar-refractivity contribution in [1.82, 2.24) is 10.2 Å². The Kier molecular flexibility index (Phi) is 5.46. The molecular formula is C14H17ClF4N2. The zero-order valence-corrected chi connectivity index (χ0v) is 12.1. The van der Waals surface area contributed by atoms with E-state index in [0.717, 1.165) is 0 Å². The number of nitrogens with zero attached hydrogens (tertiary/aromatic N) is 1. The lowest BCUT2D eigenvalue weighted by Gasteiger charge is -2.36. The van der Waals surface area contributed by atoms with Gasteiger partial charge in [0.1, 0.15) is 5.82 Å². The van der Waals surface area contributed by atoms with Crippen LogP contribution in [0.15, 0.2) is 18.2 Å². The van der Waals surface area contributed by atoms with E-state index in [2.05, 4.69) is 5.32 Å². The highest BCUT2D eigenvalue weighted by Crippen LogP contribution is 2.35. The van der Waals surface area contributed by atoms with E-state index in [1.54, 1.807) is 0 Å². The predicted molar refractivity (Wildman–Crippen MR) is 73.9 cm³/mol. The summed E-state index contributed by atoms with van der Waals surface area (Å²) < 4.78 is 51.1. The van der Waals surface area contributed by atoms with E-state index >= 15 is 0 Å². The molecular weight excluding hydrogens is 308 g/mol. The Balaban J connectivity index is 2.23. The molecule has 0 spiro atoms. The number of halogens is 5. The van der Waals surface area contributed by atoms with Gasteiger partial charge in [-0.3, -0.25) is 4.90 Å². The molecule has 1 saturated heterocycles. The van der Waals surface area contributed by atoms with Gasteiger partial charge in [0.05, 0.1) is 0 Å². The number of hydrogen-bond acceptors (Lipinski definition) is 2. The lowest BCUT2D eigenvalue weighted by atomic mass is 9.99. The largest absolute Gasteiger partial charge is 0.389 e. The third-order valence-corrected chi connectivity index (χ3v) is 3.95. The van der Waals surface area contributed by atoms with Crippen LogP contribution in [-0.4, -0.2) is 37.3 Å². The molecule has 0 saturated carbocycles. The first-order valence-electron chi connectivity index (χ1n) is 6.83. The van der Waals surface area contributed by atoms with Gasteiger partial charge in [0.25, 0.3) is 0 Å². The number of rotatable bonds is 4. The van der Waals surface area contributed by atoms with E-state index in [-0.39, 0.29) is 6.42 Å². The summed E-state index contributed by atoms with van der Waals surface area (Å²) >= 11 is 6.07. The normalized spacial score (nSPS) is 18.7. The maximum absolute atomic E-state index is 13.4. The number of benzene rings is 1. The number of piperazine rings is 1. The van der Waals surface area contributed by atoms with E-state index in [0.29, 0.717) is 36.8 Å². The van der Waals surface area contributed by atoms with Crippen LogP contribution < -0.4 is 5.32 Å². The average molecular weight is 325 g/mol. The van der Waals surface area contributed by atoms with Crippen LogP contribution in [0.2, 0.25) is 5.02 Å². The van der Waals surface area contributed by atoms with Crippen molar-refractivity contribution >= 4 is 11.6 Å². The minimum Gasteiger partial charge on any atom is -0.314 e. The minimum atomic E-state index is -4.23. The Hall–Kier alpha value is -0.850. The fourth-order valence-electron chi connectivity index (χ4n) is 2.60. The SMILES string of the molecule is Fc1ccc(Cl)c([C@H](CCC(F)(F)F)N2CCNCC2)c1. The summed E-state index contributed by atoms with van der Waals surface area (Å²) in [4.78, 5) is 1.93. The molecule has 1 aromatic rings. The molecule has 7 heteroatoms. The molecule has 0 aliphatic carbocycles. The van der Waals surface area contributed by atoms with E-state index in [4.69, 9.17) is 11.6 Å². The summed E-state index contributed by atoms with van der Waals surface area (Å²) in [5.74, 6) is -0.485. The molecule has 1 aliphatic heterocycles. The molecule has 2 rings (SSSR count). The van der Waals surface area contributed by atoms with Crippen LogP contribution in [0.3, 0.4) is 0 Å². The third-order valence-electron chi connectivity index (χ3n) is 3.61. The molecule has 1 fully saturated rings. The van der Waals surface area contributed by atoms with E-state index in [9.17, 15) is 17.6 Å². The highest BCUT2D eigenvalue weighted by Gasteiger charge is 2.32. The van der Waals surface area contributed by atoms with Crippen LogP contribution in [0, 0.1) is 5.82 Å². The average Bonchev–Trinajstić information content (AvgIpc) is 2.43. The fourth-order valence-corrected chi connectivity index (χ4v) is 2.84. The summed E-state index contributed by atoms with van der Waals surface area (Å²) in [6, 6.07) is 3.34. The topological polar surface area (TPSA) is 15.3 Å². The van der Waals surface area contributed by atoms with Gasteiger partial charge >= 0.3 is 6.18 Å². The standard InChI is InChI=1S/C14H17ClF4N2/c15-12-2-1-10(16)9-11(12)13(3-4-14(17,18)19)21-7-5-20-6-8-21/h1-2,9,13,20H,3-8H2/t13-/m0/s1. The van der Waals surface area contributed by atoms with Gasteiger partial charge in [0.2, 0.25) is 0 Å². The molecule has 0 bridgehead atoms. The number of nitrogens with one attached hydrogen (secondary N) is 1. The molecule has 1 aromatic carbocycles. The van der Waals surface area contributed by atoms with Gasteiger partial charge in [-0.05, 0) is 30.2 Å². The highest BCUT2D eigenvalue weighted by molar-refractivity contribution is 6.31. The lowest BCUT2D eigenvalue weighted by molar-refractivity contribution is -0.138. The molecule has 0 amide bonds. The van der Waals surface area contributed by atoms with Crippen molar-refractivity contribution in [2.75, 3.05) is 26.2 Å². The van der Waals surface area contributed by atoms with Crippen LogP contribution in [-0.2, 0) is 0 Å². The number of alkyl halides is 3. The molecule has 118 valence electrons. The highest BCUT2D eigenvalue weighted by atomic mass is 35.5. The summed E-state index contributed by atoms with van der Waals surface area (Å²) in [7, 11) is 0. The Labute approximate surface area is 126 Å². The maximum atomic E-state index is 13.4. The molecule has 0 unspecified atom stereocenters. The Morgan fingerprint density at radius 1 is 1.24 bits per heavy atom. The third kappa shape index (κ3) is 4.83. The smallest absolute Gasteiger partial charge is 0.314 e. The summed E-state index contributed by atoms with van der Waals surface area (Å²) in [6.07, 6.45) is -5.26. The summed E-state index contributed by atoms with van der Waals surface area (Å²) in [6.45, 7) is 2.65. The monoisotopic (exact) mass is 324 g/mol. The van der Waals surface area contributed by atoms with Crippen molar-refractivity contribution in [1.29, 1.82) is 0 Å². The van der Waals surface area contributed by atoms with Gasteiger partial charge in [-0.15, -0.1) is 0 Å². The second-order valence-electron chi connectivity index (χ2n) is 5.12. The zero-order chi connectivity index (χ0) is 15.5. The molecule has 1 aliphatic rings. The predicted octanol–water partition coefficient (Wildman–Crippen LogP) is 3.77. The maximum Gasteiger partial charge on any atom is 0.389 e.